The zero-order valence-electron chi connectivity index (χ0n) is 10.4. The van der Waals surface area contributed by atoms with Gasteiger partial charge in [0.2, 0.25) is 0 Å². The van der Waals surface area contributed by atoms with E-state index in [4.69, 9.17) is 23.2 Å². The number of hydrogen-bond acceptors (Lipinski definition) is 1. The van der Waals surface area contributed by atoms with Crippen LogP contribution in [0.15, 0.2) is 45.7 Å². The highest BCUT2D eigenvalue weighted by Gasteiger charge is 2.14. The van der Waals surface area contributed by atoms with Crippen LogP contribution in [0.5, 0.6) is 0 Å². The van der Waals surface area contributed by atoms with E-state index in [1.54, 1.807) is 36.0 Å². The predicted octanol–water partition coefficient (Wildman–Crippen LogP) is 4.40. The Kier molecular flexibility index (Phi) is 3.40. The average molecular weight is 372 g/mol. The van der Waals surface area contributed by atoms with Gasteiger partial charge in [0.05, 0.1) is 21.6 Å². The van der Waals surface area contributed by atoms with Crippen molar-refractivity contribution < 1.29 is 0 Å². The lowest BCUT2D eigenvalue weighted by Gasteiger charge is -2.11. The normalized spacial score (nSPS) is 11.2. The van der Waals surface area contributed by atoms with E-state index in [1.807, 2.05) is 12.1 Å². The summed E-state index contributed by atoms with van der Waals surface area (Å²) >= 11 is 15.7. The van der Waals surface area contributed by atoms with Gasteiger partial charge in [0, 0.05) is 16.5 Å². The maximum absolute atomic E-state index is 12.3. The summed E-state index contributed by atoms with van der Waals surface area (Å²) in [5.41, 5.74) is 1.37. The quantitative estimate of drug-likeness (QED) is 0.622. The van der Waals surface area contributed by atoms with Crippen molar-refractivity contribution in [2.75, 3.05) is 0 Å². The molecule has 2 aromatic carbocycles. The molecule has 102 valence electrons. The number of halogens is 3. The van der Waals surface area contributed by atoms with Crippen molar-refractivity contribution >= 4 is 50.0 Å². The van der Waals surface area contributed by atoms with E-state index in [0.29, 0.717) is 21.1 Å². The summed E-state index contributed by atoms with van der Waals surface area (Å²) in [5.74, 6) is 0. The summed E-state index contributed by atoms with van der Waals surface area (Å²) < 4.78 is 4.17. The topological polar surface area (TPSA) is 26.9 Å². The third-order valence-electron chi connectivity index (χ3n) is 3.15. The minimum absolute atomic E-state index is 0.0801. The van der Waals surface area contributed by atoms with Gasteiger partial charge in [0.15, 0.2) is 0 Å². The molecule has 1 heterocycles. The minimum Gasteiger partial charge on any atom is -0.267 e. The molecule has 1 aromatic heterocycles. The van der Waals surface area contributed by atoms with Gasteiger partial charge in [0.25, 0.3) is 5.56 Å². The van der Waals surface area contributed by atoms with Crippen molar-refractivity contribution in [3.05, 3.63) is 61.3 Å². The molecule has 0 radical (unpaired) electrons. The third-order valence-corrected chi connectivity index (χ3v) is 4.20. The van der Waals surface area contributed by atoms with E-state index in [9.17, 15) is 4.79 Å². The number of fused-ring (bicyclic) bond motifs is 1. The molecule has 0 aliphatic rings. The summed E-state index contributed by atoms with van der Waals surface area (Å²) in [6.45, 7) is 0. The summed E-state index contributed by atoms with van der Waals surface area (Å²) in [7, 11) is 1.70. The molecule has 20 heavy (non-hydrogen) atoms. The van der Waals surface area contributed by atoms with Crippen LogP contribution in [0.4, 0.5) is 0 Å². The number of benzene rings is 2. The zero-order valence-corrected chi connectivity index (χ0v) is 13.5. The Morgan fingerprint density at radius 3 is 2.60 bits per heavy atom. The van der Waals surface area contributed by atoms with E-state index < -0.39 is 0 Å². The first-order chi connectivity index (χ1) is 9.49. The molecule has 0 aliphatic carbocycles. The molecule has 0 amide bonds. The van der Waals surface area contributed by atoms with Gasteiger partial charge in [0.1, 0.15) is 0 Å². The molecule has 0 fully saturated rings. The molecular formula is C14H9BrCl2N2O. The molecule has 0 saturated carbocycles. The van der Waals surface area contributed by atoms with Gasteiger partial charge < -0.3 is 0 Å². The maximum atomic E-state index is 12.3. The molecule has 0 spiro atoms. The molecule has 0 unspecified atom stereocenters. The van der Waals surface area contributed by atoms with Crippen LogP contribution in [0, 0.1) is 0 Å². The van der Waals surface area contributed by atoms with Gasteiger partial charge in [-0.3, -0.25) is 4.79 Å². The standard InChI is InChI=1S/C14H9BrCl2N2O/c1-18-14(20)10-4-2-8(15)6-12(10)19(18)13-7-9(16)3-5-11(13)17/h2-7H,1H3. The van der Waals surface area contributed by atoms with Crippen LogP contribution in [-0.4, -0.2) is 9.36 Å². The van der Waals surface area contributed by atoms with Crippen LogP contribution < -0.4 is 5.56 Å². The number of hydrogen-bond donors (Lipinski definition) is 0. The highest BCUT2D eigenvalue weighted by atomic mass is 79.9. The Hall–Kier alpha value is -1.23. The molecule has 0 aliphatic heterocycles. The van der Waals surface area contributed by atoms with Crippen molar-refractivity contribution in [3.63, 3.8) is 0 Å². The number of nitrogens with zero attached hydrogens (tertiary/aromatic N) is 2. The maximum Gasteiger partial charge on any atom is 0.274 e. The van der Waals surface area contributed by atoms with Gasteiger partial charge in [-0.15, -0.1) is 0 Å². The highest BCUT2D eigenvalue weighted by molar-refractivity contribution is 9.10. The van der Waals surface area contributed by atoms with Crippen LogP contribution in [0.2, 0.25) is 10.0 Å². The average Bonchev–Trinajstić information content (AvgIpc) is 2.65. The predicted molar refractivity (Wildman–Crippen MR) is 86.2 cm³/mol. The molecule has 0 bridgehead atoms. The Bertz CT molecular complexity index is 883. The second-order valence-corrected chi connectivity index (χ2v) is 6.16. The first-order valence-electron chi connectivity index (χ1n) is 5.82. The summed E-state index contributed by atoms with van der Waals surface area (Å²) in [5, 5.41) is 1.72. The molecule has 0 atom stereocenters. The van der Waals surface area contributed by atoms with E-state index in [-0.39, 0.29) is 5.56 Å². The first kappa shape index (κ1) is 13.7. The van der Waals surface area contributed by atoms with E-state index in [1.165, 1.54) is 4.68 Å². The summed E-state index contributed by atoms with van der Waals surface area (Å²) in [4.78, 5) is 12.3. The lowest BCUT2D eigenvalue weighted by atomic mass is 10.2. The highest BCUT2D eigenvalue weighted by Crippen LogP contribution is 2.28. The molecule has 3 aromatic rings. The molecule has 3 rings (SSSR count). The van der Waals surface area contributed by atoms with Gasteiger partial charge in [-0.1, -0.05) is 39.1 Å². The molecule has 0 N–H and O–H groups in total. The molecular weight excluding hydrogens is 363 g/mol. The fraction of sp³-hybridized carbons (Fsp3) is 0.0714. The lowest BCUT2D eigenvalue weighted by Crippen LogP contribution is -2.18. The van der Waals surface area contributed by atoms with E-state index in [2.05, 4.69) is 15.9 Å². The van der Waals surface area contributed by atoms with Crippen LogP contribution in [0.3, 0.4) is 0 Å². The van der Waals surface area contributed by atoms with Gasteiger partial charge in [-0.2, -0.15) is 0 Å². The monoisotopic (exact) mass is 370 g/mol. The van der Waals surface area contributed by atoms with Crippen LogP contribution in [0.1, 0.15) is 0 Å². The Morgan fingerprint density at radius 1 is 1.10 bits per heavy atom. The zero-order chi connectivity index (χ0) is 14.4. The van der Waals surface area contributed by atoms with Crippen molar-refractivity contribution in [1.29, 1.82) is 0 Å². The lowest BCUT2D eigenvalue weighted by molar-refractivity contribution is 0.656. The Labute approximate surface area is 133 Å². The van der Waals surface area contributed by atoms with Crippen molar-refractivity contribution in [3.8, 4) is 5.69 Å². The van der Waals surface area contributed by atoms with Gasteiger partial charge in [-0.25, -0.2) is 9.36 Å². The van der Waals surface area contributed by atoms with Crippen molar-refractivity contribution in [1.82, 2.24) is 9.36 Å². The largest absolute Gasteiger partial charge is 0.274 e. The fourth-order valence-electron chi connectivity index (χ4n) is 2.23. The van der Waals surface area contributed by atoms with Gasteiger partial charge in [-0.05, 0) is 36.4 Å². The molecule has 6 heteroatoms. The molecule has 3 nitrogen and oxygen atoms in total. The third kappa shape index (κ3) is 2.08. The van der Waals surface area contributed by atoms with Crippen molar-refractivity contribution in [2.45, 2.75) is 0 Å². The Balaban J connectivity index is 2.47. The minimum atomic E-state index is -0.0801. The van der Waals surface area contributed by atoms with Crippen LogP contribution in [0.25, 0.3) is 16.6 Å². The fourth-order valence-corrected chi connectivity index (χ4v) is 2.94. The second-order valence-electron chi connectivity index (χ2n) is 4.40. The number of aromatic nitrogens is 2. The van der Waals surface area contributed by atoms with E-state index >= 15 is 0 Å². The smallest absolute Gasteiger partial charge is 0.267 e. The first-order valence-corrected chi connectivity index (χ1v) is 7.36. The summed E-state index contributed by atoms with van der Waals surface area (Å²) in [6.07, 6.45) is 0. The Morgan fingerprint density at radius 2 is 1.85 bits per heavy atom. The van der Waals surface area contributed by atoms with Crippen LogP contribution in [-0.2, 0) is 7.05 Å². The number of rotatable bonds is 1. The second kappa shape index (κ2) is 4.95. The van der Waals surface area contributed by atoms with Crippen molar-refractivity contribution in [2.24, 2.45) is 7.05 Å². The molecule has 0 saturated heterocycles. The van der Waals surface area contributed by atoms with Gasteiger partial charge >= 0.3 is 0 Å². The SMILES string of the molecule is Cn1c(=O)c2ccc(Br)cc2n1-c1cc(Cl)ccc1Cl. The van der Waals surface area contributed by atoms with E-state index in [0.717, 1.165) is 9.99 Å². The summed E-state index contributed by atoms with van der Waals surface area (Å²) in [6, 6.07) is 10.7. The van der Waals surface area contributed by atoms with Crippen LogP contribution >= 0.6 is 39.1 Å².